The van der Waals surface area contributed by atoms with Gasteiger partial charge in [-0.3, -0.25) is 14.9 Å². The van der Waals surface area contributed by atoms with Gasteiger partial charge in [0.2, 0.25) is 5.91 Å². The van der Waals surface area contributed by atoms with Crippen LogP contribution < -0.4 is 15.0 Å². The molecule has 2 rings (SSSR count). The van der Waals surface area contributed by atoms with E-state index in [2.05, 4.69) is 10.1 Å². The molecular weight excluding hydrogens is 382 g/mol. The zero-order valence-corrected chi connectivity index (χ0v) is 13.9. The molecule has 0 saturated carbocycles. The SMILES string of the molecule is O=C(CCC(F)(F)F)CNC1CCN(c2cccc(OC(F)(F)F)c2)C1=O. The molecule has 27 heavy (non-hydrogen) atoms. The second-order valence-corrected chi connectivity index (χ2v) is 5.91. The van der Waals surface area contributed by atoms with Crippen LogP contribution >= 0.6 is 0 Å². The van der Waals surface area contributed by atoms with Crippen LogP contribution in [0.2, 0.25) is 0 Å². The lowest BCUT2D eigenvalue weighted by molar-refractivity contribution is -0.274. The van der Waals surface area contributed by atoms with Crippen molar-refractivity contribution in [1.29, 1.82) is 0 Å². The largest absolute Gasteiger partial charge is 0.573 e. The summed E-state index contributed by atoms with van der Waals surface area (Å²) in [5.74, 6) is -1.64. The predicted molar refractivity (Wildman–Crippen MR) is 82.2 cm³/mol. The van der Waals surface area contributed by atoms with Crippen molar-refractivity contribution in [3.05, 3.63) is 24.3 Å². The first-order chi connectivity index (χ1) is 12.4. The Morgan fingerprint density at radius 2 is 1.93 bits per heavy atom. The third-order valence-corrected chi connectivity index (χ3v) is 3.80. The molecule has 1 aliphatic rings. The molecule has 1 aromatic carbocycles. The third kappa shape index (κ3) is 6.74. The van der Waals surface area contributed by atoms with Crippen molar-refractivity contribution in [2.45, 2.75) is 37.8 Å². The van der Waals surface area contributed by atoms with Crippen molar-refractivity contribution in [3.8, 4) is 5.75 Å². The van der Waals surface area contributed by atoms with E-state index >= 15 is 0 Å². The topological polar surface area (TPSA) is 58.6 Å². The minimum Gasteiger partial charge on any atom is -0.406 e. The number of rotatable bonds is 7. The van der Waals surface area contributed by atoms with E-state index in [1.165, 1.54) is 17.0 Å². The fourth-order valence-corrected chi connectivity index (χ4v) is 2.58. The summed E-state index contributed by atoms with van der Waals surface area (Å²) in [7, 11) is 0. The minimum atomic E-state index is -4.87. The molecule has 0 spiro atoms. The maximum Gasteiger partial charge on any atom is 0.573 e. The number of hydrogen-bond acceptors (Lipinski definition) is 4. The molecule has 0 aliphatic carbocycles. The molecule has 0 radical (unpaired) electrons. The Balaban J connectivity index is 1.91. The Labute approximate surface area is 150 Å². The molecule has 1 fully saturated rings. The Bertz CT molecular complexity index is 689. The van der Waals surface area contributed by atoms with Gasteiger partial charge in [-0.2, -0.15) is 13.2 Å². The fraction of sp³-hybridized carbons (Fsp3) is 0.500. The number of ketones is 1. The normalized spacial score (nSPS) is 18.1. The van der Waals surface area contributed by atoms with Crippen LogP contribution in [0.3, 0.4) is 0 Å². The van der Waals surface area contributed by atoms with Crippen LogP contribution in [-0.2, 0) is 9.59 Å². The number of carbonyl (C=O) groups excluding carboxylic acids is 2. The van der Waals surface area contributed by atoms with Gasteiger partial charge in [-0.1, -0.05) is 6.07 Å². The smallest absolute Gasteiger partial charge is 0.406 e. The van der Waals surface area contributed by atoms with Crippen LogP contribution in [0.1, 0.15) is 19.3 Å². The molecule has 5 nitrogen and oxygen atoms in total. The van der Waals surface area contributed by atoms with Crippen molar-refractivity contribution in [2.75, 3.05) is 18.0 Å². The zero-order chi connectivity index (χ0) is 20.2. The Morgan fingerprint density at radius 1 is 1.22 bits per heavy atom. The van der Waals surface area contributed by atoms with Crippen LogP contribution in [-0.4, -0.2) is 43.4 Å². The second-order valence-electron chi connectivity index (χ2n) is 5.91. The van der Waals surface area contributed by atoms with Gasteiger partial charge >= 0.3 is 12.5 Å². The number of anilines is 1. The summed E-state index contributed by atoms with van der Waals surface area (Å²) >= 11 is 0. The van der Waals surface area contributed by atoms with E-state index in [0.29, 0.717) is 0 Å². The predicted octanol–water partition coefficient (Wildman–Crippen LogP) is 3.19. The first-order valence-corrected chi connectivity index (χ1v) is 7.94. The number of benzene rings is 1. The highest BCUT2D eigenvalue weighted by molar-refractivity contribution is 5.99. The Morgan fingerprint density at radius 3 is 2.56 bits per heavy atom. The van der Waals surface area contributed by atoms with Crippen molar-refractivity contribution in [1.82, 2.24) is 5.32 Å². The number of nitrogens with zero attached hydrogens (tertiary/aromatic N) is 1. The summed E-state index contributed by atoms with van der Waals surface area (Å²) in [6.45, 7) is -0.208. The lowest BCUT2D eigenvalue weighted by Gasteiger charge is -2.18. The highest BCUT2D eigenvalue weighted by Gasteiger charge is 2.34. The van der Waals surface area contributed by atoms with Gasteiger partial charge in [0.05, 0.1) is 19.0 Å². The Kier molecular flexibility index (Phi) is 6.34. The molecule has 0 bridgehead atoms. The average Bonchev–Trinajstić information content (AvgIpc) is 2.90. The van der Waals surface area contributed by atoms with Gasteiger partial charge in [-0.05, 0) is 18.6 Å². The molecule has 0 aromatic heterocycles. The first kappa shape index (κ1) is 21.0. The highest BCUT2D eigenvalue weighted by atomic mass is 19.4. The number of carbonyl (C=O) groups is 2. The summed E-state index contributed by atoms with van der Waals surface area (Å²) in [5.41, 5.74) is 0.189. The van der Waals surface area contributed by atoms with Gasteiger partial charge in [0.15, 0.2) is 0 Å². The lowest BCUT2D eigenvalue weighted by Crippen LogP contribution is -2.40. The summed E-state index contributed by atoms with van der Waals surface area (Å²) in [4.78, 5) is 25.0. The second kappa shape index (κ2) is 8.15. The van der Waals surface area contributed by atoms with E-state index in [4.69, 9.17) is 0 Å². The highest BCUT2D eigenvalue weighted by Crippen LogP contribution is 2.29. The summed E-state index contributed by atoms with van der Waals surface area (Å²) in [6, 6.07) is 4.07. The standard InChI is InChI=1S/C16H16F6N2O3/c17-15(18,19)6-4-11(25)9-23-13-5-7-24(14(13)26)10-2-1-3-12(8-10)27-16(20,21)22/h1-3,8,13,23H,4-7,9H2. The van der Waals surface area contributed by atoms with Crippen LogP contribution in [0.5, 0.6) is 5.75 Å². The van der Waals surface area contributed by atoms with E-state index in [-0.39, 0.29) is 18.7 Å². The summed E-state index contributed by atoms with van der Waals surface area (Å²) in [6.07, 6.45) is -11.0. The van der Waals surface area contributed by atoms with Crippen molar-refractivity contribution in [2.24, 2.45) is 0 Å². The lowest BCUT2D eigenvalue weighted by atomic mass is 10.2. The van der Waals surface area contributed by atoms with Gasteiger partial charge in [0.1, 0.15) is 11.5 Å². The van der Waals surface area contributed by atoms with Crippen LogP contribution in [0.15, 0.2) is 24.3 Å². The third-order valence-electron chi connectivity index (χ3n) is 3.80. The molecule has 150 valence electrons. The number of alkyl halides is 6. The van der Waals surface area contributed by atoms with Crippen LogP contribution in [0, 0.1) is 0 Å². The molecule has 1 aromatic rings. The molecule has 1 heterocycles. The monoisotopic (exact) mass is 398 g/mol. The maximum absolute atomic E-state index is 12.3. The van der Waals surface area contributed by atoms with Gasteiger partial charge in [-0.15, -0.1) is 13.2 Å². The zero-order valence-electron chi connectivity index (χ0n) is 13.9. The molecule has 1 saturated heterocycles. The molecule has 11 heteroatoms. The summed E-state index contributed by atoms with van der Waals surface area (Å²) < 4.78 is 76.9. The number of halogens is 6. The van der Waals surface area contributed by atoms with Gasteiger partial charge in [0, 0.05) is 24.7 Å². The minimum absolute atomic E-state index is 0.183. The molecule has 1 amide bonds. The van der Waals surface area contributed by atoms with Crippen molar-refractivity contribution >= 4 is 17.4 Å². The van der Waals surface area contributed by atoms with E-state index < -0.39 is 55.4 Å². The molecule has 1 aliphatic heterocycles. The van der Waals surface area contributed by atoms with E-state index in [1.54, 1.807) is 0 Å². The average molecular weight is 398 g/mol. The number of amides is 1. The summed E-state index contributed by atoms with van der Waals surface area (Å²) in [5, 5.41) is 2.60. The molecule has 1 unspecified atom stereocenters. The number of nitrogens with one attached hydrogen (secondary N) is 1. The fourth-order valence-electron chi connectivity index (χ4n) is 2.58. The van der Waals surface area contributed by atoms with Crippen molar-refractivity contribution < 1.29 is 40.7 Å². The van der Waals surface area contributed by atoms with Gasteiger partial charge in [-0.25, -0.2) is 0 Å². The van der Waals surface area contributed by atoms with Crippen LogP contribution in [0.4, 0.5) is 32.0 Å². The molecular formula is C16H16F6N2O3. The quantitative estimate of drug-likeness (QED) is 0.717. The number of ether oxygens (including phenoxy) is 1. The maximum atomic E-state index is 12.3. The Hall–Kier alpha value is -2.30. The number of Topliss-reactive ketones (excluding diaryl/α,β-unsaturated/α-hetero) is 1. The van der Waals surface area contributed by atoms with E-state index in [1.807, 2.05) is 0 Å². The first-order valence-electron chi connectivity index (χ1n) is 7.94. The van der Waals surface area contributed by atoms with Crippen molar-refractivity contribution in [3.63, 3.8) is 0 Å². The molecule has 1 N–H and O–H groups in total. The van der Waals surface area contributed by atoms with Gasteiger partial charge in [0.25, 0.3) is 0 Å². The van der Waals surface area contributed by atoms with Crippen LogP contribution in [0.25, 0.3) is 0 Å². The van der Waals surface area contributed by atoms with Gasteiger partial charge < -0.3 is 9.64 Å². The number of hydrogen-bond donors (Lipinski definition) is 1. The molecule has 1 atom stereocenters. The van der Waals surface area contributed by atoms with E-state index in [9.17, 15) is 35.9 Å². The van der Waals surface area contributed by atoms with E-state index in [0.717, 1.165) is 12.1 Å².